The molecule has 0 aliphatic carbocycles. The lowest BCUT2D eigenvalue weighted by Crippen LogP contribution is -2.47. The molecule has 2 amide bonds. The second-order valence-corrected chi connectivity index (χ2v) is 8.95. The van der Waals surface area contributed by atoms with Crippen LogP contribution in [0.25, 0.3) is 0 Å². The number of rotatable bonds is 7. The van der Waals surface area contributed by atoms with Gasteiger partial charge in [0.15, 0.2) is 0 Å². The molecular weight excluding hydrogens is 378 g/mol. The normalized spacial score (nSPS) is 12.6. The lowest BCUT2D eigenvalue weighted by Gasteiger charge is -2.23. The summed E-state index contributed by atoms with van der Waals surface area (Å²) in [6, 6.07) is 13.9. The van der Waals surface area contributed by atoms with Gasteiger partial charge in [0, 0.05) is 19.7 Å². The van der Waals surface area contributed by atoms with Gasteiger partial charge >= 0.3 is 0 Å². The maximum absolute atomic E-state index is 12.8. The van der Waals surface area contributed by atoms with Gasteiger partial charge in [-0.2, -0.15) is 0 Å². The number of anilines is 1. The second-order valence-electron chi connectivity index (χ2n) is 6.83. The first kappa shape index (κ1) is 21.6. The Morgan fingerprint density at radius 2 is 1.50 bits per heavy atom. The van der Waals surface area contributed by atoms with E-state index in [1.165, 1.54) is 26.2 Å². The number of sulfonamides is 1. The van der Waals surface area contributed by atoms with E-state index in [1.54, 1.807) is 56.3 Å². The van der Waals surface area contributed by atoms with E-state index in [1.807, 2.05) is 0 Å². The van der Waals surface area contributed by atoms with E-state index in [4.69, 9.17) is 0 Å². The third-order valence-corrected chi connectivity index (χ3v) is 6.05. The Hall–Kier alpha value is -2.71. The Bertz CT molecular complexity index is 941. The van der Waals surface area contributed by atoms with Crippen LogP contribution in [-0.2, 0) is 14.8 Å². The van der Waals surface area contributed by atoms with E-state index in [2.05, 4.69) is 10.6 Å². The van der Waals surface area contributed by atoms with E-state index in [0.717, 1.165) is 4.31 Å². The average Bonchev–Trinajstić information content (AvgIpc) is 2.66. The number of hydrogen-bond acceptors (Lipinski definition) is 4. The van der Waals surface area contributed by atoms with Gasteiger partial charge in [0.2, 0.25) is 15.9 Å². The van der Waals surface area contributed by atoms with Crippen LogP contribution >= 0.6 is 0 Å². The Morgan fingerprint density at radius 1 is 0.929 bits per heavy atom. The molecule has 0 saturated carbocycles. The highest BCUT2D eigenvalue weighted by atomic mass is 32.2. The third-order valence-electron chi connectivity index (χ3n) is 4.18. The molecule has 0 aliphatic rings. The van der Waals surface area contributed by atoms with Crippen LogP contribution in [0.3, 0.4) is 0 Å². The smallest absolute Gasteiger partial charge is 0.251 e. The predicted octanol–water partition coefficient (Wildman–Crippen LogP) is 2.33. The molecule has 8 heteroatoms. The summed E-state index contributed by atoms with van der Waals surface area (Å²) in [4.78, 5) is 25.3. The van der Waals surface area contributed by atoms with Crippen LogP contribution in [0.15, 0.2) is 59.5 Å². The fraction of sp³-hybridized carbons (Fsp3) is 0.300. The van der Waals surface area contributed by atoms with Crippen molar-refractivity contribution < 1.29 is 18.0 Å². The molecule has 2 N–H and O–H groups in total. The van der Waals surface area contributed by atoms with Crippen molar-refractivity contribution in [3.63, 3.8) is 0 Å². The van der Waals surface area contributed by atoms with Crippen LogP contribution in [0, 0.1) is 5.92 Å². The van der Waals surface area contributed by atoms with Crippen molar-refractivity contribution in [1.82, 2.24) is 9.62 Å². The van der Waals surface area contributed by atoms with Crippen molar-refractivity contribution in [3.05, 3.63) is 60.2 Å². The number of hydrogen-bond donors (Lipinski definition) is 2. The van der Waals surface area contributed by atoms with Crippen LogP contribution in [-0.4, -0.2) is 44.7 Å². The summed E-state index contributed by atoms with van der Waals surface area (Å²) in [6.07, 6.45) is 0. The van der Waals surface area contributed by atoms with Crippen LogP contribution in [0.2, 0.25) is 0 Å². The van der Waals surface area contributed by atoms with Gasteiger partial charge in [-0.1, -0.05) is 44.2 Å². The molecule has 2 aromatic rings. The highest BCUT2D eigenvalue weighted by Gasteiger charge is 2.27. The average molecular weight is 404 g/mol. The Balaban J connectivity index is 2.26. The summed E-state index contributed by atoms with van der Waals surface area (Å²) in [5.41, 5.74) is 0.609. The molecule has 0 heterocycles. The molecule has 2 aromatic carbocycles. The molecule has 0 saturated heterocycles. The van der Waals surface area contributed by atoms with Gasteiger partial charge in [-0.25, -0.2) is 12.7 Å². The molecule has 0 radical (unpaired) electrons. The molecule has 0 bridgehead atoms. The van der Waals surface area contributed by atoms with Crippen LogP contribution in [0.4, 0.5) is 5.69 Å². The Labute approximate surface area is 165 Å². The summed E-state index contributed by atoms with van der Waals surface area (Å²) in [7, 11) is -0.891. The van der Waals surface area contributed by atoms with Crippen LogP contribution in [0.1, 0.15) is 24.2 Å². The minimum atomic E-state index is -3.73. The predicted molar refractivity (Wildman–Crippen MR) is 108 cm³/mol. The van der Waals surface area contributed by atoms with Crippen molar-refractivity contribution in [3.8, 4) is 0 Å². The number of nitrogens with one attached hydrogen (secondary N) is 2. The van der Waals surface area contributed by atoms with Gasteiger partial charge in [-0.3, -0.25) is 9.59 Å². The molecule has 0 spiro atoms. The SMILES string of the molecule is CC(C)C(NC(=O)c1ccccc1)C(=O)Nc1ccccc1S(=O)(=O)N(C)C. The number of amides is 2. The minimum absolute atomic E-state index is 0.00904. The first-order valence-electron chi connectivity index (χ1n) is 8.83. The van der Waals surface area contributed by atoms with E-state index in [9.17, 15) is 18.0 Å². The summed E-state index contributed by atoms with van der Waals surface area (Å²) in [5, 5.41) is 5.37. The van der Waals surface area contributed by atoms with Gasteiger partial charge in [-0.05, 0) is 30.2 Å². The molecule has 28 heavy (non-hydrogen) atoms. The molecule has 2 rings (SSSR count). The van der Waals surface area contributed by atoms with Crippen LogP contribution in [0.5, 0.6) is 0 Å². The zero-order valence-corrected chi connectivity index (χ0v) is 17.2. The molecule has 0 aromatic heterocycles. The van der Waals surface area contributed by atoms with E-state index in [0.29, 0.717) is 5.56 Å². The van der Waals surface area contributed by atoms with Gasteiger partial charge in [0.1, 0.15) is 10.9 Å². The monoisotopic (exact) mass is 403 g/mol. The van der Waals surface area contributed by atoms with Gasteiger partial charge in [-0.15, -0.1) is 0 Å². The quantitative estimate of drug-likeness (QED) is 0.742. The number of carbonyl (C=O) groups excluding carboxylic acids is 2. The molecule has 7 nitrogen and oxygen atoms in total. The van der Waals surface area contributed by atoms with Crippen molar-refractivity contribution >= 4 is 27.5 Å². The first-order chi connectivity index (χ1) is 13.1. The lowest BCUT2D eigenvalue weighted by atomic mass is 10.0. The zero-order valence-electron chi connectivity index (χ0n) is 16.3. The van der Waals surface area contributed by atoms with E-state index in [-0.39, 0.29) is 22.4 Å². The number of nitrogens with zero attached hydrogens (tertiary/aromatic N) is 1. The molecule has 1 unspecified atom stereocenters. The molecule has 150 valence electrons. The molecular formula is C20H25N3O4S. The Kier molecular flexibility index (Phi) is 6.93. The largest absolute Gasteiger partial charge is 0.340 e. The van der Waals surface area contributed by atoms with Crippen LogP contribution < -0.4 is 10.6 Å². The topological polar surface area (TPSA) is 95.6 Å². The number of para-hydroxylation sites is 1. The summed E-state index contributed by atoms with van der Waals surface area (Å²) in [5.74, 6) is -1.06. The molecule has 0 aliphatic heterocycles. The van der Waals surface area contributed by atoms with Gasteiger partial charge in [0.25, 0.3) is 5.91 Å². The fourth-order valence-corrected chi connectivity index (χ4v) is 3.59. The molecule has 0 fully saturated rings. The maximum Gasteiger partial charge on any atom is 0.251 e. The van der Waals surface area contributed by atoms with Gasteiger partial charge < -0.3 is 10.6 Å². The van der Waals surface area contributed by atoms with E-state index >= 15 is 0 Å². The van der Waals surface area contributed by atoms with E-state index < -0.39 is 22.0 Å². The fourth-order valence-electron chi connectivity index (χ4n) is 2.55. The van der Waals surface area contributed by atoms with Gasteiger partial charge in [0.05, 0.1) is 5.69 Å². The first-order valence-corrected chi connectivity index (χ1v) is 10.3. The summed E-state index contributed by atoms with van der Waals surface area (Å²) >= 11 is 0. The van der Waals surface area contributed by atoms with Crippen molar-refractivity contribution in [2.45, 2.75) is 24.8 Å². The summed E-state index contributed by atoms with van der Waals surface area (Å²) < 4.78 is 26.1. The highest BCUT2D eigenvalue weighted by Crippen LogP contribution is 2.23. The minimum Gasteiger partial charge on any atom is -0.340 e. The third kappa shape index (κ3) is 4.96. The van der Waals surface area contributed by atoms with Crippen molar-refractivity contribution in [2.24, 2.45) is 5.92 Å². The number of benzene rings is 2. The second kappa shape index (κ2) is 8.99. The van der Waals surface area contributed by atoms with Crippen molar-refractivity contribution in [2.75, 3.05) is 19.4 Å². The zero-order chi connectivity index (χ0) is 20.9. The number of carbonyl (C=O) groups is 2. The lowest BCUT2D eigenvalue weighted by molar-refractivity contribution is -0.118. The maximum atomic E-state index is 12.8. The summed E-state index contributed by atoms with van der Waals surface area (Å²) in [6.45, 7) is 3.61. The highest BCUT2D eigenvalue weighted by molar-refractivity contribution is 7.89. The standard InChI is InChI=1S/C20H25N3O4S/c1-14(2)18(22-19(24)15-10-6-5-7-11-15)20(25)21-16-12-8-9-13-17(16)28(26,27)23(3)4/h5-14,18H,1-4H3,(H,21,25)(H,22,24). The molecule has 1 atom stereocenters. The Morgan fingerprint density at radius 3 is 2.07 bits per heavy atom. The van der Waals surface area contributed by atoms with Crippen molar-refractivity contribution in [1.29, 1.82) is 0 Å².